The van der Waals surface area contributed by atoms with E-state index in [2.05, 4.69) is 5.32 Å². The molecule has 2 aromatic rings. The Balaban J connectivity index is 1.96. The number of nitrogens with one attached hydrogen (secondary N) is 1. The Bertz CT molecular complexity index is 786. The zero-order valence-electron chi connectivity index (χ0n) is 17.0. The number of methoxy groups -OCH3 is 1. The lowest BCUT2D eigenvalue weighted by atomic mass is 10.1. The molecule has 0 aromatic heterocycles. The number of carbonyl (C=O) groups excluding carboxylic acids is 1. The molecule has 1 amide bonds. The fourth-order valence-corrected chi connectivity index (χ4v) is 2.68. The highest BCUT2D eigenvalue weighted by molar-refractivity contribution is 5.80. The maximum atomic E-state index is 12.4. The van der Waals surface area contributed by atoms with E-state index in [0.29, 0.717) is 18.0 Å². The number of carbonyl (C=O) groups is 1. The van der Waals surface area contributed by atoms with Gasteiger partial charge in [0.1, 0.15) is 5.75 Å². The first kappa shape index (κ1) is 20.6. The quantitative estimate of drug-likeness (QED) is 0.756. The van der Waals surface area contributed by atoms with Gasteiger partial charge in [0, 0.05) is 6.54 Å². The average molecular weight is 371 g/mol. The summed E-state index contributed by atoms with van der Waals surface area (Å²) >= 11 is 0. The predicted octanol–water partition coefficient (Wildman–Crippen LogP) is 4.18. The van der Waals surface area contributed by atoms with Gasteiger partial charge in [0.15, 0.2) is 17.6 Å². The molecule has 0 fully saturated rings. The SMILES string of the molecule is COc1cc(CNC(=O)[C@@H](C)Oc2ccc(C)cc2C)ccc1OC(C)C. The van der Waals surface area contributed by atoms with E-state index in [1.54, 1.807) is 14.0 Å². The molecule has 0 saturated heterocycles. The number of aryl methyl sites for hydroxylation is 2. The van der Waals surface area contributed by atoms with E-state index in [1.807, 2.05) is 64.1 Å². The van der Waals surface area contributed by atoms with Gasteiger partial charge in [-0.3, -0.25) is 4.79 Å². The van der Waals surface area contributed by atoms with Crippen LogP contribution in [0.2, 0.25) is 0 Å². The first-order valence-corrected chi connectivity index (χ1v) is 9.15. The fourth-order valence-electron chi connectivity index (χ4n) is 2.68. The standard InChI is InChI=1S/C22H29NO4/c1-14(2)26-20-10-8-18(12-21(20)25-6)13-23-22(24)17(5)27-19-9-7-15(3)11-16(19)4/h7-12,14,17H,13H2,1-6H3,(H,23,24)/t17-/m1/s1. The van der Waals surface area contributed by atoms with Crippen LogP contribution in [-0.4, -0.2) is 25.2 Å². The van der Waals surface area contributed by atoms with Gasteiger partial charge in [-0.15, -0.1) is 0 Å². The second kappa shape index (κ2) is 9.31. The van der Waals surface area contributed by atoms with E-state index < -0.39 is 6.10 Å². The van der Waals surface area contributed by atoms with Crippen LogP contribution >= 0.6 is 0 Å². The van der Waals surface area contributed by atoms with E-state index in [4.69, 9.17) is 14.2 Å². The minimum absolute atomic E-state index is 0.0627. The molecule has 27 heavy (non-hydrogen) atoms. The van der Waals surface area contributed by atoms with Crippen molar-refractivity contribution in [1.29, 1.82) is 0 Å². The Kier molecular flexibility index (Phi) is 7.11. The van der Waals surface area contributed by atoms with Gasteiger partial charge in [0.25, 0.3) is 5.91 Å². The highest BCUT2D eigenvalue weighted by Gasteiger charge is 2.16. The normalized spacial score (nSPS) is 11.8. The molecule has 0 heterocycles. The third kappa shape index (κ3) is 5.91. The molecule has 2 rings (SSSR count). The molecule has 5 nitrogen and oxygen atoms in total. The van der Waals surface area contributed by atoms with Crippen LogP contribution in [0.15, 0.2) is 36.4 Å². The summed E-state index contributed by atoms with van der Waals surface area (Å²) in [7, 11) is 1.60. The zero-order valence-corrected chi connectivity index (χ0v) is 17.0. The molecule has 0 spiro atoms. The molecule has 1 N–H and O–H groups in total. The number of hydrogen-bond acceptors (Lipinski definition) is 4. The molecule has 0 saturated carbocycles. The maximum absolute atomic E-state index is 12.4. The first-order chi connectivity index (χ1) is 12.8. The lowest BCUT2D eigenvalue weighted by Crippen LogP contribution is -2.36. The predicted molar refractivity (Wildman–Crippen MR) is 107 cm³/mol. The highest BCUT2D eigenvalue weighted by Crippen LogP contribution is 2.29. The summed E-state index contributed by atoms with van der Waals surface area (Å²) in [6.45, 7) is 10.1. The molecule has 0 aliphatic carbocycles. The number of ether oxygens (including phenoxy) is 3. The summed E-state index contributed by atoms with van der Waals surface area (Å²) in [5.41, 5.74) is 3.10. The summed E-state index contributed by atoms with van der Waals surface area (Å²) in [5, 5.41) is 2.90. The van der Waals surface area contributed by atoms with Gasteiger partial charge in [0.2, 0.25) is 0 Å². The number of amides is 1. The summed E-state index contributed by atoms with van der Waals surface area (Å²) in [4.78, 5) is 12.4. The smallest absolute Gasteiger partial charge is 0.261 e. The van der Waals surface area contributed by atoms with Crippen molar-refractivity contribution in [3.63, 3.8) is 0 Å². The van der Waals surface area contributed by atoms with Crippen molar-refractivity contribution in [2.75, 3.05) is 7.11 Å². The topological polar surface area (TPSA) is 56.8 Å². The zero-order chi connectivity index (χ0) is 20.0. The van der Waals surface area contributed by atoms with Crippen molar-refractivity contribution >= 4 is 5.91 Å². The fraction of sp³-hybridized carbons (Fsp3) is 0.409. The van der Waals surface area contributed by atoms with E-state index in [-0.39, 0.29) is 12.0 Å². The monoisotopic (exact) mass is 371 g/mol. The molecule has 2 aromatic carbocycles. The molecule has 146 valence electrons. The van der Waals surface area contributed by atoms with Crippen LogP contribution < -0.4 is 19.5 Å². The Labute approximate surface area is 161 Å². The minimum atomic E-state index is -0.586. The molecule has 0 aliphatic rings. The van der Waals surface area contributed by atoms with Crippen molar-refractivity contribution in [2.24, 2.45) is 0 Å². The van der Waals surface area contributed by atoms with Crippen molar-refractivity contribution in [3.05, 3.63) is 53.1 Å². The molecule has 0 aliphatic heterocycles. The molecule has 5 heteroatoms. The Morgan fingerprint density at radius 2 is 1.67 bits per heavy atom. The lowest BCUT2D eigenvalue weighted by molar-refractivity contribution is -0.127. The largest absolute Gasteiger partial charge is 0.493 e. The van der Waals surface area contributed by atoms with Gasteiger partial charge < -0.3 is 19.5 Å². The second-order valence-corrected chi connectivity index (χ2v) is 6.90. The summed E-state index contributed by atoms with van der Waals surface area (Å²) < 4.78 is 16.9. The van der Waals surface area contributed by atoms with E-state index in [9.17, 15) is 4.79 Å². The van der Waals surface area contributed by atoms with Gasteiger partial charge in [0.05, 0.1) is 13.2 Å². The highest BCUT2D eigenvalue weighted by atomic mass is 16.5. The molecular formula is C22H29NO4. The van der Waals surface area contributed by atoms with Crippen LogP contribution in [0.25, 0.3) is 0 Å². The summed E-state index contributed by atoms with van der Waals surface area (Å²) in [6, 6.07) is 11.5. The van der Waals surface area contributed by atoms with Crippen LogP contribution in [0.3, 0.4) is 0 Å². The van der Waals surface area contributed by atoms with Crippen molar-refractivity contribution in [3.8, 4) is 17.2 Å². The van der Waals surface area contributed by atoms with Crippen LogP contribution in [-0.2, 0) is 11.3 Å². The van der Waals surface area contributed by atoms with Crippen LogP contribution in [0.4, 0.5) is 0 Å². The third-order valence-corrected chi connectivity index (χ3v) is 4.06. The Hall–Kier alpha value is -2.69. The molecule has 0 unspecified atom stereocenters. The first-order valence-electron chi connectivity index (χ1n) is 9.15. The van der Waals surface area contributed by atoms with Crippen molar-refractivity contribution in [2.45, 2.75) is 53.4 Å². The van der Waals surface area contributed by atoms with Gasteiger partial charge in [-0.2, -0.15) is 0 Å². The second-order valence-electron chi connectivity index (χ2n) is 6.90. The summed E-state index contributed by atoms with van der Waals surface area (Å²) in [6.07, 6.45) is -0.524. The Morgan fingerprint density at radius 3 is 2.30 bits per heavy atom. The minimum Gasteiger partial charge on any atom is -0.493 e. The van der Waals surface area contributed by atoms with Gasteiger partial charge >= 0.3 is 0 Å². The molecule has 0 bridgehead atoms. The molecule has 0 radical (unpaired) electrons. The lowest BCUT2D eigenvalue weighted by Gasteiger charge is -2.17. The number of rotatable bonds is 8. The van der Waals surface area contributed by atoms with E-state index in [0.717, 1.165) is 22.4 Å². The third-order valence-electron chi connectivity index (χ3n) is 4.06. The molecule has 1 atom stereocenters. The van der Waals surface area contributed by atoms with Gasteiger partial charge in [-0.25, -0.2) is 0 Å². The van der Waals surface area contributed by atoms with Crippen LogP contribution in [0.1, 0.15) is 37.5 Å². The van der Waals surface area contributed by atoms with Gasteiger partial charge in [-0.05, 0) is 63.9 Å². The van der Waals surface area contributed by atoms with Crippen molar-refractivity contribution in [1.82, 2.24) is 5.32 Å². The Morgan fingerprint density at radius 1 is 0.963 bits per heavy atom. The van der Waals surface area contributed by atoms with Crippen molar-refractivity contribution < 1.29 is 19.0 Å². The summed E-state index contributed by atoms with van der Waals surface area (Å²) in [5.74, 6) is 1.89. The van der Waals surface area contributed by atoms with Crippen LogP contribution in [0, 0.1) is 13.8 Å². The van der Waals surface area contributed by atoms with E-state index >= 15 is 0 Å². The van der Waals surface area contributed by atoms with E-state index in [1.165, 1.54) is 0 Å². The van der Waals surface area contributed by atoms with Gasteiger partial charge in [-0.1, -0.05) is 23.8 Å². The molecular weight excluding hydrogens is 342 g/mol. The maximum Gasteiger partial charge on any atom is 0.261 e. The van der Waals surface area contributed by atoms with Crippen LogP contribution in [0.5, 0.6) is 17.2 Å². The number of benzene rings is 2. The number of hydrogen-bond donors (Lipinski definition) is 1. The average Bonchev–Trinajstić information content (AvgIpc) is 2.62.